The zero-order valence-electron chi connectivity index (χ0n) is 8.66. The molecule has 0 spiro atoms. The van der Waals surface area contributed by atoms with Gasteiger partial charge in [0.2, 0.25) is 0 Å². The maximum Gasteiger partial charge on any atom is 0.0733 e. The van der Waals surface area contributed by atoms with E-state index in [4.69, 9.17) is 0 Å². The quantitative estimate of drug-likeness (QED) is 0.767. The molecule has 0 nitrogen and oxygen atoms in total. The fourth-order valence-corrected chi connectivity index (χ4v) is 2.80. The first-order valence-corrected chi connectivity index (χ1v) is 6.76. The molecule has 1 aromatic heterocycles. The maximum absolute atomic E-state index is 3.57. The van der Waals surface area contributed by atoms with E-state index in [9.17, 15) is 0 Å². The molecule has 0 atom stereocenters. The van der Waals surface area contributed by atoms with Crippen LogP contribution < -0.4 is 0 Å². The average molecular weight is 281 g/mol. The standard InChI is InChI=1S/C13H13BrS/c1-2-10-3-5-11(6-4-10)9-12-7-8-15-13(12)14/h3-8H,2,9H2,1H3. The van der Waals surface area contributed by atoms with Crippen LogP contribution in [-0.4, -0.2) is 0 Å². The number of rotatable bonds is 3. The molecule has 78 valence electrons. The third kappa shape index (κ3) is 2.70. The van der Waals surface area contributed by atoms with Gasteiger partial charge in [0.15, 0.2) is 0 Å². The number of benzene rings is 1. The van der Waals surface area contributed by atoms with Crippen LogP contribution in [0.25, 0.3) is 0 Å². The molecule has 0 fully saturated rings. The van der Waals surface area contributed by atoms with Gasteiger partial charge in [-0.15, -0.1) is 11.3 Å². The lowest BCUT2D eigenvalue weighted by atomic mass is 10.1. The second kappa shape index (κ2) is 4.95. The van der Waals surface area contributed by atoms with Crippen molar-refractivity contribution in [3.8, 4) is 0 Å². The molecule has 2 heteroatoms. The van der Waals surface area contributed by atoms with Gasteiger partial charge in [-0.05, 0) is 56.9 Å². The van der Waals surface area contributed by atoms with Gasteiger partial charge in [0.05, 0.1) is 3.79 Å². The van der Waals surface area contributed by atoms with E-state index in [-0.39, 0.29) is 0 Å². The first-order chi connectivity index (χ1) is 7.29. The molecular formula is C13H13BrS. The van der Waals surface area contributed by atoms with E-state index in [1.54, 1.807) is 11.3 Å². The van der Waals surface area contributed by atoms with Gasteiger partial charge < -0.3 is 0 Å². The second-order valence-electron chi connectivity index (χ2n) is 3.57. The van der Waals surface area contributed by atoms with E-state index >= 15 is 0 Å². The fraction of sp³-hybridized carbons (Fsp3) is 0.231. The van der Waals surface area contributed by atoms with Crippen molar-refractivity contribution in [2.24, 2.45) is 0 Å². The molecule has 0 N–H and O–H groups in total. The van der Waals surface area contributed by atoms with Gasteiger partial charge in [-0.2, -0.15) is 0 Å². The van der Waals surface area contributed by atoms with Crippen LogP contribution in [0.4, 0.5) is 0 Å². The number of hydrogen-bond donors (Lipinski definition) is 0. The van der Waals surface area contributed by atoms with Gasteiger partial charge in [-0.1, -0.05) is 31.2 Å². The zero-order chi connectivity index (χ0) is 10.7. The average Bonchev–Trinajstić information content (AvgIpc) is 2.66. The van der Waals surface area contributed by atoms with Gasteiger partial charge >= 0.3 is 0 Å². The van der Waals surface area contributed by atoms with Crippen molar-refractivity contribution >= 4 is 27.3 Å². The Kier molecular flexibility index (Phi) is 3.60. The molecule has 0 aliphatic rings. The van der Waals surface area contributed by atoms with Crippen molar-refractivity contribution in [2.75, 3.05) is 0 Å². The summed E-state index contributed by atoms with van der Waals surface area (Å²) in [4.78, 5) is 0. The van der Waals surface area contributed by atoms with Crippen LogP contribution in [0.3, 0.4) is 0 Å². The topological polar surface area (TPSA) is 0 Å². The maximum atomic E-state index is 3.57. The molecule has 2 aromatic rings. The second-order valence-corrected chi connectivity index (χ2v) is 5.80. The number of halogens is 1. The Morgan fingerprint density at radius 3 is 2.27 bits per heavy atom. The summed E-state index contributed by atoms with van der Waals surface area (Å²) in [6, 6.07) is 11.1. The third-order valence-corrected chi connectivity index (χ3v) is 4.33. The summed E-state index contributed by atoms with van der Waals surface area (Å²) >= 11 is 5.32. The van der Waals surface area contributed by atoms with Gasteiger partial charge in [0, 0.05) is 0 Å². The van der Waals surface area contributed by atoms with E-state index in [1.165, 1.54) is 20.5 Å². The lowest BCUT2D eigenvalue weighted by molar-refractivity contribution is 1.12. The smallest absolute Gasteiger partial charge is 0.0733 e. The first-order valence-electron chi connectivity index (χ1n) is 5.09. The van der Waals surface area contributed by atoms with Crippen LogP contribution >= 0.6 is 27.3 Å². The Labute approximate surface area is 103 Å². The molecule has 0 aliphatic heterocycles. The highest BCUT2D eigenvalue weighted by Gasteiger charge is 2.02. The van der Waals surface area contributed by atoms with E-state index in [1.807, 2.05) is 0 Å². The van der Waals surface area contributed by atoms with Crippen molar-refractivity contribution < 1.29 is 0 Å². The van der Waals surface area contributed by atoms with Gasteiger partial charge in [0.25, 0.3) is 0 Å². The normalized spacial score (nSPS) is 10.5. The third-order valence-electron chi connectivity index (χ3n) is 2.52. The molecule has 0 saturated heterocycles. The highest BCUT2D eigenvalue weighted by molar-refractivity contribution is 9.11. The van der Waals surface area contributed by atoms with E-state index in [0.29, 0.717) is 0 Å². The monoisotopic (exact) mass is 280 g/mol. The van der Waals surface area contributed by atoms with Crippen molar-refractivity contribution in [1.29, 1.82) is 0 Å². The Morgan fingerprint density at radius 2 is 1.73 bits per heavy atom. The molecule has 0 radical (unpaired) electrons. The highest BCUT2D eigenvalue weighted by Crippen LogP contribution is 2.25. The summed E-state index contributed by atoms with van der Waals surface area (Å²) < 4.78 is 1.25. The molecule has 2 rings (SSSR count). The minimum atomic E-state index is 1.02. The summed E-state index contributed by atoms with van der Waals surface area (Å²) in [6.45, 7) is 2.18. The molecule has 0 aliphatic carbocycles. The molecule has 1 heterocycles. The van der Waals surface area contributed by atoms with Gasteiger partial charge in [0.1, 0.15) is 0 Å². The minimum Gasteiger partial charge on any atom is -0.137 e. The van der Waals surface area contributed by atoms with E-state index < -0.39 is 0 Å². The zero-order valence-corrected chi connectivity index (χ0v) is 11.1. The number of thiophene rings is 1. The molecule has 0 bridgehead atoms. The van der Waals surface area contributed by atoms with Crippen LogP contribution in [0, 0.1) is 0 Å². The van der Waals surface area contributed by atoms with Crippen molar-refractivity contribution in [1.82, 2.24) is 0 Å². The van der Waals surface area contributed by atoms with Crippen molar-refractivity contribution in [3.05, 3.63) is 56.2 Å². The molecule has 1 aromatic carbocycles. The van der Waals surface area contributed by atoms with Crippen molar-refractivity contribution in [2.45, 2.75) is 19.8 Å². The minimum absolute atomic E-state index is 1.02. The Balaban J connectivity index is 2.14. The lowest BCUT2D eigenvalue weighted by Crippen LogP contribution is -1.87. The Morgan fingerprint density at radius 1 is 1.07 bits per heavy atom. The van der Waals surface area contributed by atoms with Gasteiger partial charge in [-0.25, -0.2) is 0 Å². The Bertz CT molecular complexity index is 428. The SMILES string of the molecule is CCc1ccc(Cc2ccsc2Br)cc1. The number of hydrogen-bond acceptors (Lipinski definition) is 1. The van der Waals surface area contributed by atoms with Crippen LogP contribution in [-0.2, 0) is 12.8 Å². The summed E-state index contributed by atoms with van der Waals surface area (Å²) in [5.41, 5.74) is 4.17. The van der Waals surface area contributed by atoms with Crippen LogP contribution in [0.15, 0.2) is 39.5 Å². The molecule has 0 saturated carbocycles. The molecule has 0 unspecified atom stereocenters. The van der Waals surface area contributed by atoms with E-state index in [2.05, 4.69) is 58.6 Å². The summed E-state index contributed by atoms with van der Waals surface area (Å²) in [7, 11) is 0. The summed E-state index contributed by atoms with van der Waals surface area (Å²) in [5.74, 6) is 0. The fourth-order valence-electron chi connectivity index (χ4n) is 1.56. The van der Waals surface area contributed by atoms with Gasteiger partial charge in [-0.3, -0.25) is 0 Å². The molecule has 0 amide bonds. The number of aryl methyl sites for hydroxylation is 1. The predicted octanol–water partition coefficient (Wildman–Crippen LogP) is 4.66. The molecular weight excluding hydrogens is 268 g/mol. The van der Waals surface area contributed by atoms with Crippen LogP contribution in [0.1, 0.15) is 23.6 Å². The lowest BCUT2D eigenvalue weighted by Gasteiger charge is -2.02. The Hall–Kier alpha value is -0.600. The van der Waals surface area contributed by atoms with Crippen molar-refractivity contribution in [3.63, 3.8) is 0 Å². The van der Waals surface area contributed by atoms with E-state index in [0.717, 1.165) is 12.8 Å². The van der Waals surface area contributed by atoms with Crippen LogP contribution in [0.2, 0.25) is 0 Å². The largest absolute Gasteiger partial charge is 0.137 e. The predicted molar refractivity (Wildman–Crippen MR) is 70.6 cm³/mol. The van der Waals surface area contributed by atoms with Crippen LogP contribution in [0.5, 0.6) is 0 Å². The first kappa shape index (κ1) is 10.9. The highest BCUT2D eigenvalue weighted by atomic mass is 79.9. The summed E-state index contributed by atoms with van der Waals surface area (Å²) in [5, 5.41) is 2.12. The molecule has 15 heavy (non-hydrogen) atoms. The summed E-state index contributed by atoms with van der Waals surface area (Å²) in [6.07, 6.45) is 2.14.